The van der Waals surface area contributed by atoms with Gasteiger partial charge in [0.05, 0.1) is 11.5 Å². The Bertz CT molecular complexity index is 731. The lowest BCUT2D eigenvalue weighted by Gasteiger charge is -2.34. The van der Waals surface area contributed by atoms with Crippen molar-refractivity contribution in [3.8, 4) is 0 Å². The third-order valence-corrected chi connectivity index (χ3v) is 5.92. The highest BCUT2D eigenvalue weighted by molar-refractivity contribution is 9.10. The largest absolute Gasteiger partial charge is 0.450 e. The molecule has 1 aliphatic heterocycles. The van der Waals surface area contributed by atoms with Gasteiger partial charge in [-0.1, -0.05) is 15.9 Å². The molecule has 0 atom stereocenters. The summed E-state index contributed by atoms with van der Waals surface area (Å²) in [6, 6.07) is 6.26. The number of hydrogen-bond acceptors (Lipinski definition) is 5. The maximum atomic E-state index is 12.2. The number of amides is 2. The molecule has 1 aliphatic rings. The molecule has 1 saturated heterocycles. The van der Waals surface area contributed by atoms with Crippen LogP contribution in [0.15, 0.2) is 33.6 Å². The lowest BCUT2D eigenvalue weighted by Crippen LogP contribution is -2.51. The van der Waals surface area contributed by atoms with Gasteiger partial charge < -0.3 is 14.5 Å². The Labute approximate surface area is 161 Å². The van der Waals surface area contributed by atoms with Crippen LogP contribution in [-0.4, -0.2) is 69.5 Å². The summed E-state index contributed by atoms with van der Waals surface area (Å²) in [5.41, 5.74) is 0. The number of sulfonamides is 1. The van der Waals surface area contributed by atoms with Crippen LogP contribution >= 0.6 is 15.9 Å². The first-order chi connectivity index (χ1) is 12.3. The van der Waals surface area contributed by atoms with Crippen LogP contribution in [0.25, 0.3) is 0 Å². The van der Waals surface area contributed by atoms with Gasteiger partial charge >= 0.3 is 6.09 Å². The van der Waals surface area contributed by atoms with E-state index in [0.717, 1.165) is 4.47 Å². The third kappa shape index (κ3) is 5.68. The highest BCUT2D eigenvalue weighted by atomic mass is 79.9. The van der Waals surface area contributed by atoms with E-state index in [-0.39, 0.29) is 29.9 Å². The van der Waals surface area contributed by atoms with Gasteiger partial charge in [0.25, 0.3) is 0 Å². The van der Waals surface area contributed by atoms with Gasteiger partial charge in [-0.05, 0) is 31.2 Å². The molecule has 8 nitrogen and oxygen atoms in total. The molecule has 10 heteroatoms. The molecule has 0 radical (unpaired) electrons. The molecule has 2 amide bonds. The number of carbonyl (C=O) groups is 2. The van der Waals surface area contributed by atoms with Crippen LogP contribution in [0.3, 0.4) is 0 Å². The van der Waals surface area contributed by atoms with Gasteiger partial charge in [-0.3, -0.25) is 4.79 Å². The molecular formula is C16H22BrN3O5S. The standard InChI is InChI=1S/C16H22BrN3O5S/c1-2-25-16(22)20-11-9-19(10-12-20)15(21)7-8-18-26(23,24)14-5-3-13(17)4-6-14/h3-6,18H,2,7-12H2,1H3. The van der Waals surface area contributed by atoms with Crippen molar-refractivity contribution in [3.63, 3.8) is 0 Å². The lowest BCUT2D eigenvalue weighted by molar-refractivity contribution is -0.132. The zero-order valence-electron chi connectivity index (χ0n) is 14.5. The Balaban J connectivity index is 1.77. The summed E-state index contributed by atoms with van der Waals surface area (Å²) in [5.74, 6) is -0.146. The molecule has 1 heterocycles. The van der Waals surface area contributed by atoms with E-state index >= 15 is 0 Å². The first kappa shape index (κ1) is 20.7. The predicted molar refractivity (Wildman–Crippen MR) is 99.1 cm³/mol. The summed E-state index contributed by atoms with van der Waals surface area (Å²) in [6.45, 7) is 3.73. The summed E-state index contributed by atoms with van der Waals surface area (Å²) in [4.78, 5) is 27.2. The third-order valence-electron chi connectivity index (χ3n) is 3.91. The second kappa shape index (κ2) is 9.33. The van der Waals surface area contributed by atoms with Gasteiger partial charge in [0.1, 0.15) is 0 Å². The quantitative estimate of drug-likeness (QED) is 0.710. The van der Waals surface area contributed by atoms with Crippen LogP contribution in [0, 0.1) is 0 Å². The SMILES string of the molecule is CCOC(=O)N1CCN(C(=O)CCNS(=O)(=O)c2ccc(Br)cc2)CC1. The molecule has 0 aromatic heterocycles. The van der Waals surface area contributed by atoms with Crippen molar-refractivity contribution < 1.29 is 22.7 Å². The van der Waals surface area contributed by atoms with Crippen LogP contribution < -0.4 is 4.72 Å². The molecule has 26 heavy (non-hydrogen) atoms. The lowest BCUT2D eigenvalue weighted by atomic mass is 10.3. The van der Waals surface area contributed by atoms with Gasteiger partial charge in [0.15, 0.2) is 0 Å². The van der Waals surface area contributed by atoms with E-state index in [1.807, 2.05) is 0 Å². The number of nitrogens with zero attached hydrogens (tertiary/aromatic N) is 2. The summed E-state index contributed by atoms with van der Waals surface area (Å²) >= 11 is 3.25. The fourth-order valence-corrected chi connectivity index (χ4v) is 3.80. The number of halogens is 1. The number of carbonyl (C=O) groups excluding carboxylic acids is 2. The zero-order chi connectivity index (χ0) is 19.2. The van der Waals surface area contributed by atoms with E-state index in [9.17, 15) is 18.0 Å². The second-order valence-corrected chi connectivity index (χ2v) is 8.35. The van der Waals surface area contributed by atoms with E-state index in [2.05, 4.69) is 20.7 Å². The minimum absolute atomic E-state index is 0.0231. The molecule has 144 valence electrons. The zero-order valence-corrected chi connectivity index (χ0v) is 16.9. The van der Waals surface area contributed by atoms with E-state index < -0.39 is 10.0 Å². The Morgan fingerprint density at radius 1 is 1.12 bits per heavy atom. The minimum atomic E-state index is -3.64. The van der Waals surface area contributed by atoms with Crippen molar-refractivity contribution in [2.75, 3.05) is 39.3 Å². The normalized spacial score (nSPS) is 15.0. The molecule has 1 aromatic rings. The molecule has 0 bridgehead atoms. The van der Waals surface area contributed by atoms with Crippen molar-refractivity contribution in [2.45, 2.75) is 18.2 Å². The number of ether oxygens (including phenoxy) is 1. The Morgan fingerprint density at radius 2 is 1.69 bits per heavy atom. The van der Waals surface area contributed by atoms with Crippen molar-refractivity contribution in [3.05, 3.63) is 28.7 Å². The Hall–Kier alpha value is -1.65. The van der Waals surface area contributed by atoms with Gasteiger partial charge in [-0.15, -0.1) is 0 Å². The molecular weight excluding hydrogens is 426 g/mol. The summed E-state index contributed by atoms with van der Waals surface area (Å²) in [5, 5.41) is 0. The monoisotopic (exact) mass is 447 g/mol. The van der Waals surface area contributed by atoms with E-state index in [1.165, 1.54) is 12.1 Å². The van der Waals surface area contributed by atoms with Crippen LogP contribution in [0.5, 0.6) is 0 Å². The minimum Gasteiger partial charge on any atom is -0.450 e. The molecule has 1 fully saturated rings. The van der Waals surface area contributed by atoms with Crippen molar-refractivity contribution >= 4 is 38.0 Å². The Morgan fingerprint density at radius 3 is 2.27 bits per heavy atom. The first-order valence-electron chi connectivity index (χ1n) is 8.28. The maximum Gasteiger partial charge on any atom is 0.409 e. The highest BCUT2D eigenvalue weighted by Crippen LogP contribution is 2.14. The molecule has 1 N–H and O–H groups in total. The Kier molecular flexibility index (Phi) is 7.42. The maximum absolute atomic E-state index is 12.2. The topological polar surface area (TPSA) is 96.0 Å². The van der Waals surface area contributed by atoms with E-state index in [0.29, 0.717) is 32.8 Å². The van der Waals surface area contributed by atoms with Crippen molar-refractivity contribution in [1.29, 1.82) is 0 Å². The molecule has 0 aliphatic carbocycles. The second-order valence-electron chi connectivity index (χ2n) is 5.67. The average molecular weight is 448 g/mol. The van der Waals surface area contributed by atoms with Crippen LogP contribution in [0.1, 0.15) is 13.3 Å². The first-order valence-corrected chi connectivity index (χ1v) is 10.6. The molecule has 0 unspecified atom stereocenters. The van der Waals surface area contributed by atoms with Crippen molar-refractivity contribution in [1.82, 2.24) is 14.5 Å². The fraction of sp³-hybridized carbons (Fsp3) is 0.500. The summed E-state index contributed by atoms with van der Waals surface area (Å²) in [7, 11) is -3.64. The predicted octanol–water partition coefficient (Wildman–Crippen LogP) is 1.42. The van der Waals surface area contributed by atoms with E-state index in [1.54, 1.807) is 28.9 Å². The molecule has 2 rings (SSSR count). The number of piperazine rings is 1. The fourth-order valence-electron chi connectivity index (χ4n) is 2.50. The summed E-state index contributed by atoms with van der Waals surface area (Å²) in [6.07, 6.45) is -0.309. The molecule has 1 aromatic carbocycles. The average Bonchev–Trinajstić information content (AvgIpc) is 2.62. The number of nitrogens with one attached hydrogen (secondary N) is 1. The van der Waals surface area contributed by atoms with Gasteiger partial charge in [0, 0.05) is 43.6 Å². The summed E-state index contributed by atoms with van der Waals surface area (Å²) < 4.78 is 32.5. The molecule has 0 saturated carbocycles. The number of benzene rings is 1. The van der Waals surface area contributed by atoms with Gasteiger partial charge in [-0.2, -0.15) is 0 Å². The highest BCUT2D eigenvalue weighted by Gasteiger charge is 2.24. The smallest absolute Gasteiger partial charge is 0.409 e. The van der Waals surface area contributed by atoms with Gasteiger partial charge in [0.2, 0.25) is 15.9 Å². The number of hydrogen-bond donors (Lipinski definition) is 1. The van der Waals surface area contributed by atoms with Crippen molar-refractivity contribution in [2.24, 2.45) is 0 Å². The van der Waals surface area contributed by atoms with E-state index in [4.69, 9.17) is 4.74 Å². The molecule has 0 spiro atoms. The number of rotatable bonds is 6. The van der Waals surface area contributed by atoms with Crippen LogP contribution in [-0.2, 0) is 19.6 Å². The van der Waals surface area contributed by atoms with Gasteiger partial charge in [-0.25, -0.2) is 17.9 Å². The van der Waals surface area contributed by atoms with Crippen LogP contribution in [0.2, 0.25) is 0 Å². The van der Waals surface area contributed by atoms with Crippen LogP contribution in [0.4, 0.5) is 4.79 Å².